The second-order valence-electron chi connectivity index (χ2n) is 5.82. The summed E-state index contributed by atoms with van der Waals surface area (Å²) in [7, 11) is 0. The van der Waals surface area contributed by atoms with Crippen LogP contribution in [0.25, 0.3) is 0 Å². The SMILES string of the molecule is Fc1cccc(N2CCCC(NC3CCOCC3)C2)c1. The Hall–Kier alpha value is -1.13. The van der Waals surface area contributed by atoms with Crippen molar-refractivity contribution in [3.05, 3.63) is 30.1 Å². The highest BCUT2D eigenvalue weighted by Crippen LogP contribution is 2.21. The molecular formula is C16H23FN2O. The van der Waals surface area contributed by atoms with Crippen LogP contribution in [0.4, 0.5) is 10.1 Å². The Morgan fingerprint density at radius 2 is 2.00 bits per heavy atom. The van der Waals surface area contributed by atoms with Gasteiger partial charge in [-0.05, 0) is 43.9 Å². The molecule has 0 amide bonds. The monoisotopic (exact) mass is 278 g/mol. The molecule has 2 saturated heterocycles. The Morgan fingerprint density at radius 3 is 2.80 bits per heavy atom. The van der Waals surface area contributed by atoms with E-state index in [0.29, 0.717) is 12.1 Å². The van der Waals surface area contributed by atoms with Gasteiger partial charge in [-0.3, -0.25) is 0 Å². The van der Waals surface area contributed by atoms with E-state index < -0.39 is 0 Å². The third-order valence-electron chi connectivity index (χ3n) is 4.29. The second-order valence-corrected chi connectivity index (χ2v) is 5.82. The number of benzene rings is 1. The molecule has 0 bridgehead atoms. The molecular weight excluding hydrogens is 255 g/mol. The van der Waals surface area contributed by atoms with Crippen LogP contribution >= 0.6 is 0 Å². The highest BCUT2D eigenvalue weighted by atomic mass is 19.1. The summed E-state index contributed by atoms with van der Waals surface area (Å²) in [5, 5.41) is 3.76. The maximum atomic E-state index is 13.3. The molecule has 0 radical (unpaired) electrons. The largest absolute Gasteiger partial charge is 0.381 e. The molecule has 3 nitrogen and oxygen atoms in total. The molecule has 1 unspecified atom stereocenters. The first kappa shape index (κ1) is 13.8. The van der Waals surface area contributed by atoms with E-state index in [0.717, 1.165) is 51.3 Å². The highest BCUT2D eigenvalue weighted by molar-refractivity contribution is 5.47. The molecule has 1 N–H and O–H groups in total. The average molecular weight is 278 g/mol. The van der Waals surface area contributed by atoms with Gasteiger partial charge < -0.3 is 15.0 Å². The molecule has 1 aromatic rings. The molecule has 0 saturated carbocycles. The number of piperidine rings is 1. The van der Waals surface area contributed by atoms with Crippen molar-refractivity contribution >= 4 is 5.69 Å². The molecule has 2 heterocycles. The van der Waals surface area contributed by atoms with Gasteiger partial charge in [0.15, 0.2) is 0 Å². The molecule has 3 rings (SSSR count). The first-order valence-electron chi connectivity index (χ1n) is 7.65. The summed E-state index contributed by atoms with van der Waals surface area (Å²) in [6.07, 6.45) is 4.59. The zero-order valence-corrected chi connectivity index (χ0v) is 11.9. The summed E-state index contributed by atoms with van der Waals surface area (Å²) >= 11 is 0. The van der Waals surface area contributed by atoms with Crippen LogP contribution in [0.3, 0.4) is 0 Å². The van der Waals surface area contributed by atoms with Gasteiger partial charge >= 0.3 is 0 Å². The first-order valence-corrected chi connectivity index (χ1v) is 7.65. The molecule has 0 aromatic heterocycles. The fraction of sp³-hybridized carbons (Fsp3) is 0.625. The van der Waals surface area contributed by atoms with E-state index in [4.69, 9.17) is 4.74 Å². The Bertz CT molecular complexity index is 434. The molecule has 2 fully saturated rings. The summed E-state index contributed by atoms with van der Waals surface area (Å²) < 4.78 is 18.7. The predicted molar refractivity (Wildman–Crippen MR) is 78.6 cm³/mol. The van der Waals surface area contributed by atoms with E-state index in [2.05, 4.69) is 10.2 Å². The molecule has 2 aliphatic heterocycles. The standard InChI is InChI=1S/C16H23FN2O/c17-13-3-1-5-16(11-13)19-8-2-4-15(12-19)18-14-6-9-20-10-7-14/h1,3,5,11,14-15,18H,2,4,6-10,12H2. The van der Waals surface area contributed by atoms with Crippen molar-refractivity contribution in [1.29, 1.82) is 0 Å². The summed E-state index contributed by atoms with van der Waals surface area (Å²) in [6, 6.07) is 8.03. The number of hydrogen-bond donors (Lipinski definition) is 1. The van der Waals surface area contributed by atoms with E-state index in [9.17, 15) is 4.39 Å². The number of hydrogen-bond acceptors (Lipinski definition) is 3. The summed E-state index contributed by atoms with van der Waals surface area (Å²) in [5.41, 5.74) is 1.00. The Balaban J connectivity index is 1.58. The lowest BCUT2D eigenvalue weighted by atomic mass is 10.0. The van der Waals surface area contributed by atoms with E-state index in [1.165, 1.54) is 12.5 Å². The molecule has 1 atom stereocenters. The zero-order chi connectivity index (χ0) is 13.8. The minimum absolute atomic E-state index is 0.151. The normalized spacial score (nSPS) is 24.9. The molecule has 0 aliphatic carbocycles. The van der Waals surface area contributed by atoms with Crippen molar-refractivity contribution in [3.8, 4) is 0 Å². The quantitative estimate of drug-likeness (QED) is 0.919. The molecule has 20 heavy (non-hydrogen) atoms. The Kier molecular flexibility index (Phi) is 4.53. The van der Waals surface area contributed by atoms with Crippen LogP contribution in [-0.2, 0) is 4.74 Å². The number of anilines is 1. The highest BCUT2D eigenvalue weighted by Gasteiger charge is 2.23. The number of ether oxygens (including phenoxy) is 1. The van der Waals surface area contributed by atoms with Crippen molar-refractivity contribution in [1.82, 2.24) is 5.32 Å². The van der Waals surface area contributed by atoms with Gasteiger partial charge in [0, 0.05) is 44.1 Å². The summed E-state index contributed by atoms with van der Waals surface area (Å²) in [4.78, 5) is 2.30. The first-order chi connectivity index (χ1) is 9.81. The third kappa shape index (κ3) is 3.49. The minimum atomic E-state index is -0.151. The van der Waals surface area contributed by atoms with Crippen molar-refractivity contribution in [2.75, 3.05) is 31.2 Å². The maximum Gasteiger partial charge on any atom is 0.125 e. The van der Waals surface area contributed by atoms with Crippen LogP contribution in [0.15, 0.2) is 24.3 Å². The molecule has 0 spiro atoms. The minimum Gasteiger partial charge on any atom is -0.381 e. The molecule has 110 valence electrons. The van der Waals surface area contributed by atoms with Crippen LogP contribution in [0.5, 0.6) is 0 Å². The number of halogens is 1. The molecule has 2 aliphatic rings. The number of nitrogens with zero attached hydrogens (tertiary/aromatic N) is 1. The zero-order valence-electron chi connectivity index (χ0n) is 11.9. The van der Waals surface area contributed by atoms with Gasteiger partial charge in [-0.25, -0.2) is 4.39 Å². The number of rotatable bonds is 3. The third-order valence-corrected chi connectivity index (χ3v) is 4.29. The average Bonchev–Trinajstić information content (AvgIpc) is 2.49. The molecule has 4 heteroatoms. The van der Waals surface area contributed by atoms with E-state index in [1.807, 2.05) is 6.07 Å². The van der Waals surface area contributed by atoms with Crippen LogP contribution < -0.4 is 10.2 Å². The second kappa shape index (κ2) is 6.55. The van der Waals surface area contributed by atoms with E-state index in [1.54, 1.807) is 12.1 Å². The van der Waals surface area contributed by atoms with Crippen molar-refractivity contribution < 1.29 is 9.13 Å². The summed E-state index contributed by atoms with van der Waals surface area (Å²) in [5.74, 6) is -0.151. The Labute approximate surface area is 120 Å². The van der Waals surface area contributed by atoms with E-state index >= 15 is 0 Å². The van der Waals surface area contributed by atoms with Crippen LogP contribution in [0.1, 0.15) is 25.7 Å². The van der Waals surface area contributed by atoms with Crippen molar-refractivity contribution in [2.45, 2.75) is 37.8 Å². The van der Waals surface area contributed by atoms with Crippen molar-refractivity contribution in [2.24, 2.45) is 0 Å². The van der Waals surface area contributed by atoms with Gasteiger partial charge in [-0.2, -0.15) is 0 Å². The van der Waals surface area contributed by atoms with Gasteiger partial charge in [0.2, 0.25) is 0 Å². The Morgan fingerprint density at radius 1 is 1.15 bits per heavy atom. The van der Waals surface area contributed by atoms with Crippen LogP contribution in [0.2, 0.25) is 0 Å². The summed E-state index contributed by atoms with van der Waals surface area (Å²) in [6.45, 7) is 3.74. The van der Waals surface area contributed by atoms with Gasteiger partial charge in [0.1, 0.15) is 5.82 Å². The van der Waals surface area contributed by atoms with Crippen molar-refractivity contribution in [3.63, 3.8) is 0 Å². The smallest absolute Gasteiger partial charge is 0.125 e. The maximum absolute atomic E-state index is 13.3. The lowest BCUT2D eigenvalue weighted by Gasteiger charge is -2.37. The molecule has 1 aromatic carbocycles. The van der Waals surface area contributed by atoms with Crippen LogP contribution in [-0.4, -0.2) is 38.4 Å². The lowest BCUT2D eigenvalue weighted by molar-refractivity contribution is 0.0742. The predicted octanol–water partition coefficient (Wildman–Crippen LogP) is 2.56. The van der Waals surface area contributed by atoms with E-state index in [-0.39, 0.29) is 5.82 Å². The fourth-order valence-corrected chi connectivity index (χ4v) is 3.22. The van der Waals surface area contributed by atoms with Gasteiger partial charge in [0.05, 0.1) is 0 Å². The number of nitrogens with one attached hydrogen (secondary N) is 1. The van der Waals surface area contributed by atoms with Gasteiger partial charge in [-0.1, -0.05) is 6.07 Å². The lowest BCUT2D eigenvalue weighted by Crippen LogP contribution is -2.50. The van der Waals surface area contributed by atoms with Gasteiger partial charge in [0.25, 0.3) is 0 Å². The fourth-order valence-electron chi connectivity index (χ4n) is 3.22. The van der Waals surface area contributed by atoms with Crippen LogP contribution in [0, 0.1) is 5.82 Å². The topological polar surface area (TPSA) is 24.5 Å². The van der Waals surface area contributed by atoms with Gasteiger partial charge in [-0.15, -0.1) is 0 Å².